The van der Waals surface area contributed by atoms with Crippen LogP contribution in [0.15, 0.2) is 42.5 Å². The number of likely N-dealkylation sites (tertiary alicyclic amines) is 1. The summed E-state index contributed by atoms with van der Waals surface area (Å²) in [5.74, 6) is 0.833. The standard InChI is InChI=1S/C17H21NO2/c19-16(12-18-9-3-4-10-18)13-20-17-8-7-14-5-1-2-6-15(14)11-17/h1-2,5-8,11,16,19H,3-4,9-10,12-13H2/p+1. The van der Waals surface area contributed by atoms with Gasteiger partial charge in [0.05, 0.1) is 13.1 Å². The van der Waals surface area contributed by atoms with Gasteiger partial charge in [-0.05, 0) is 22.9 Å². The van der Waals surface area contributed by atoms with E-state index >= 15 is 0 Å². The summed E-state index contributed by atoms with van der Waals surface area (Å²) in [5, 5.41) is 12.4. The number of aliphatic hydroxyl groups is 1. The molecule has 0 aliphatic carbocycles. The van der Waals surface area contributed by atoms with E-state index in [0.29, 0.717) is 6.61 Å². The van der Waals surface area contributed by atoms with Gasteiger partial charge in [0.25, 0.3) is 0 Å². The van der Waals surface area contributed by atoms with E-state index in [9.17, 15) is 5.11 Å². The molecule has 106 valence electrons. The fourth-order valence-electron chi connectivity index (χ4n) is 2.92. The molecule has 20 heavy (non-hydrogen) atoms. The van der Waals surface area contributed by atoms with Crippen LogP contribution < -0.4 is 9.64 Å². The van der Waals surface area contributed by atoms with Gasteiger partial charge in [0.2, 0.25) is 0 Å². The topological polar surface area (TPSA) is 33.9 Å². The van der Waals surface area contributed by atoms with Crippen LogP contribution in [0.25, 0.3) is 10.8 Å². The maximum absolute atomic E-state index is 10.0. The molecule has 0 saturated carbocycles. The van der Waals surface area contributed by atoms with Crippen LogP contribution >= 0.6 is 0 Å². The van der Waals surface area contributed by atoms with Crippen LogP contribution in [0, 0.1) is 0 Å². The summed E-state index contributed by atoms with van der Waals surface area (Å²) in [6.07, 6.45) is 2.19. The van der Waals surface area contributed by atoms with Crippen molar-refractivity contribution in [3.05, 3.63) is 42.5 Å². The zero-order valence-electron chi connectivity index (χ0n) is 11.7. The number of hydrogen-bond donors (Lipinski definition) is 2. The summed E-state index contributed by atoms with van der Waals surface area (Å²) in [7, 11) is 0. The second-order valence-corrected chi connectivity index (χ2v) is 5.64. The lowest BCUT2D eigenvalue weighted by Gasteiger charge is -2.17. The van der Waals surface area contributed by atoms with Gasteiger partial charge in [-0.3, -0.25) is 0 Å². The van der Waals surface area contributed by atoms with E-state index in [1.807, 2.05) is 24.3 Å². The largest absolute Gasteiger partial charge is 0.491 e. The maximum atomic E-state index is 10.0. The molecule has 1 atom stereocenters. The Morgan fingerprint density at radius 2 is 1.80 bits per heavy atom. The molecular formula is C17H22NO2+. The Morgan fingerprint density at radius 1 is 1.05 bits per heavy atom. The number of benzene rings is 2. The molecule has 0 bridgehead atoms. The Balaban J connectivity index is 1.56. The number of quaternary nitrogens is 1. The molecule has 1 heterocycles. The fraction of sp³-hybridized carbons (Fsp3) is 0.412. The van der Waals surface area contributed by atoms with Crippen LogP contribution in [0.1, 0.15) is 12.8 Å². The highest BCUT2D eigenvalue weighted by atomic mass is 16.5. The Hall–Kier alpha value is -1.58. The summed E-state index contributed by atoms with van der Waals surface area (Å²) < 4.78 is 5.72. The van der Waals surface area contributed by atoms with Gasteiger partial charge >= 0.3 is 0 Å². The first-order valence-corrected chi connectivity index (χ1v) is 7.44. The molecule has 2 N–H and O–H groups in total. The third kappa shape index (κ3) is 3.30. The molecule has 0 radical (unpaired) electrons. The Kier molecular flexibility index (Phi) is 4.19. The maximum Gasteiger partial charge on any atom is 0.137 e. The van der Waals surface area contributed by atoms with Crippen molar-refractivity contribution >= 4 is 10.8 Å². The molecule has 1 fully saturated rings. The van der Waals surface area contributed by atoms with E-state index in [-0.39, 0.29) is 6.10 Å². The highest BCUT2D eigenvalue weighted by molar-refractivity contribution is 5.83. The van der Waals surface area contributed by atoms with Crippen molar-refractivity contribution in [1.82, 2.24) is 0 Å². The number of rotatable bonds is 5. The average molecular weight is 272 g/mol. The minimum Gasteiger partial charge on any atom is -0.491 e. The van der Waals surface area contributed by atoms with Crippen LogP contribution in [0.4, 0.5) is 0 Å². The number of ether oxygens (including phenoxy) is 1. The van der Waals surface area contributed by atoms with Crippen molar-refractivity contribution < 1.29 is 14.7 Å². The lowest BCUT2D eigenvalue weighted by Crippen LogP contribution is -3.11. The van der Waals surface area contributed by atoms with Gasteiger partial charge < -0.3 is 14.7 Å². The summed E-state index contributed by atoms with van der Waals surface area (Å²) in [6, 6.07) is 14.3. The zero-order valence-corrected chi connectivity index (χ0v) is 11.7. The Labute approximate surface area is 119 Å². The summed E-state index contributed by atoms with van der Waals surface area (Å²) in [4.78, 5) is 1.50. The van der Waals surface area contributed by atoms with Gasteiger partial charge in [-0.1, -0.05) is 30.3 Å². The quantitative estimate of drug-likeness (QED) is 0.859. The lowest BCUT2D eigenvalue weighted by atomic mass is 10.1. The molecule has 3 rings (SSSR count). The fourth-order valence-corrected chi connectivity index (χ4v) is 2.92. The summed E-state index contributed by atoms with van der Waals surface area (Å²) in [5.41, 5.74) is 0. The molecular weight excluding hydrogens is 250 g/mol. The normalized spacial score (nSPS) is 17.4. The van der Waals surface area contributed by atoms with E-state index in [0.717, 1.165) is 12.3 Å². The molecule has 2 aromatic carbocycles. The Bertz CT molecular complexity index is 564. The molecule has 0 spiro atoms. The van der Waals surface area contributed by atoms with Gasteiger partial charge in [0.15, 0.2) is 0 Å². The molecule has 1 aliphatic heterocycles. The van der Waals surface area contributed by atoms with Crippen molar-refractivity contribution in [2.24, 2.45) is 0 Å². The van der Waals surface area contributed by atoms with Crippen LogP contribution in [0.5, 0.6) is 5.75 Å². The van der Waals surface area contributed by atoms with Crippen molar-refractivity contribution in [2.75, 3.05) is 26.2 Å². The predicted molar refractivity (Wildman–Crippen MR) is 80.2 cm³/mol. The minimum absolute atomic E-state index is 0.377. The molecule has 1 saturated heterocycles. The number of fused-ring (bicyclic) bond motifs is 1. The third-order valence-corrected chi connectivity index (χ3v) is 4.00. The Morgan fingerprint density at radius 3 is 2.60 bits per heavy atom. The monoisotopic (exact) mass is 272 g/mol. The van der Waals surface area contributed by atoms with Crippen LogP contribution in [0.3, 0.4) is 0 Å². The molecule has 2 aromatic rings. The number of hydrogen-bond acceptors (Lipinski definition) is 2. The van der Waals surface area contributed by atoms with Gasteiger partial charge in [0.1, 0.15) is 25.0 Å². The van der Waals surface area contributed by atoms with E-state index in [1.54, 1.807) is 0 Å². The van der Waals surface area contributed by atoms with Gasteiger partial charge in [0, 0.05) is 12.8 Å². The van der Waals surface area contributed by atoms with Crippen molar-refractivity contribution in [3.8, 4) is 5.75 Å². The van der Waals surface area contributed by atoms with E-state index in [1.165, 1.54) is 41.6 Å². The van der Waals surface area contributed by atoms with E-state index < -0.39 is 0 Å². The first-order valence-electron chi connectivity index (χ1n) is 7.44. The molecule has 1 aliphatic rings. The average Bonchev–Trinajstić information content (AvgIpc) is 2.98. The molecule has 3 nitrogen and oxygen atoms in total. The van der Waals surface area contributed by atoms with Gasteiger partial charge in [-0.25, -0.2) is 0 Å². The molecule has 0 amide bonds. The molecule has 1 unspecified atom stereocenters. The number of nitrogens with one attached hydrogen (secondary N) is 1. The third-order valence-electron chi connectivity index (χ3n) is 4.00. The van der Waals surface area contributed by atoms with Crippen molar-refractivity contribution in [1.29, 1.82) is 0 Å². The number of aliphatic hydroxyl groups excluding tert-OH is 1. The summed E-state index contributed by atoms with van der Waals surface area (Å²) in [6.45, 7) is 3.55. The first-order chi connectivity index (χ1) is 9.81. The van der Waals surface area contributed by atoms with E-state index in [2.05, 4.69) is 18.2 Å². The van der Waals surface area contributed by atoms with Crippen molar-refractivity contribution in [3.63, 3.8) is 0 Å². The van der Waals surface area contributed by atoms with E-state index in [4.69, 9.17) is 4.74 Å². The smallest absolute Gasteiger partial charge is 0.137 e. The summed E-state index contributed by atoms with van der Waals surface area (Å²) >= 11 is 0. The lowest BCUT2D eigenvalue weighted by molar-refractivity contribution is -0.890. The highest BCUT2D eigenvalue weighted by Crippen LogP contribution is 2.20. The SMILES string of the molecule is OC(COc1ccc2ccccc2c1)C[NH+]1CCCC1. The second kappa shape index (κ2) is 6.25. The minimum atomic E-state index is -0.380. The zero-order chi connectivity index (χ0) is 13.8. The molecule has 0 aromatic heterocycles. The van der Waals surface area contributed by atoms with Crippen LogP contribution in [-0.2, 0) is 0 Å². The van der Waals surface area contributed by atoms with Crippen LogP contribution in [0.2, 0.25) is 0 Å². The van der Waals surface area contributed by atoms with Crippen LogP contribution in [-0.4, -0.2) is 37.5 Å². The highest BCUT2D eigenvalue weighted by Gasteiger charge is 2.19. The van der Waals surface area contributed by atoms with Gasteiger partial charge in [-0.15, -0.1) is 0 Å². The van der Waals surface area contributed by atoms with Crippen molar-refractivity contribution in [2.45, 2.75) is 18.9 Å². The second-order valence-electron chi connectivity index (χ2n) is 5.64. The first kappa shape index (κ1) is 13.4. The van der Waals surface area contributed by atoms with Gasteiger partial charge in [-0.2, -0.15) is 0 Å². The molecule has 3 heteroatoms. The predicted octanol–water partition coefficient (Wildman–Crippen LogP) is 1.26.